The van der Waals surface area contributed by atoms with E-state index in [9.17, 15) is 4.79 Å². The van der Waals surface area contributed by atoms with Crippen LogP contribution in [0.2, 0.25) is 0 Å². The molecule has 0 N–H and O–H groups in total. The van der Waals surface area contributed by atoms with Crippen LogP contribution in [-0.4, -0.2) is 48.8 Å². The number of hydrogen-bond acceptors (Lipinski definition) is 7. The Kier molecular flexibility index (Phi) is 8.56. The van der Waals surface area contributed by atoms with E-state index in [1.807, 2.05) is 36.4 Å². The van der Waals surface area contributed by atoms with Crippen LogP contribution in [-0.2, 0) is 11.3 Å². The van der Waals surface area contributed by atoms with E-state index < -0.39 is 0 Å². The third kappa shape index (κ3) is 5.82. The number of carbonyl (C=O) groups excluding carboxylic acids is 1. The second-order valence-electron chi connectivity index (χ2n) is 7.26. The Hall–Kier alpha value is -3.00. The van der Waals surface area contributed by atoms with Gasteiger partial charge in [0, 0.05) is 11.6 Å². The number of ether oxygens (including phenoxy) is 3. The molecule has 0 saturated carbocycles. The molecule has 0 spiro atoms. The average Bonchev–Trinajstić information content (AvgIpc) is 3.12. The molecule has 0 unspecified atom stereocenters. The summed E-state index contributed by atoms with van der Waals surface area (Å²) < 4.78 is 15.9. The molecule has 0 aromatic heterocycles. The molecule has 8 heteroatoms. The molecular weight excluding hydrogens is 426 g/mol. The van der Waals surface area contributed by atoms with Gasteiger partial charge in [-0.1, -0.05) is 43.7 Å². The van der Waals surface area contributed by atoms with Crippen LogP contribution >= 0.6 is 11.8 Å². The Bertz CT molecular complexity index is 976. The lowest BCUT2D eigenvalue weighted by Gasteiger charge is -2.16. The molecule has 1 saturated heterocycles. The van der Waals surface area contributed by atoms with Crippen molar-refractivity contribution in [1.82, 2.24) is 4.90 Å². The highest BCUT2D eigenvalue weighted by Crippen LogP contribution is 2.32. The summed E-state index contributed by atoms with van der Waals surface area (Å²) >= 11 is 1.48. The van der Waals surface area contributed by atoms with Crippen LogP contribution in [0, 0.1) is 0 Å². The largest absolute Gasteiger partial charge is 0.497 e. The normalized spacial score (nSPS) is 17.4. The summed E-state index contributed by atoms with van der Waals surface area (Å²) in [6.07, 6.45) is 4.50. The molecular formula is C24H29N3O4S. The minimum Gasteiger partial charge on any atom is -0.497 e. The van der Waals surface area contributed by atoms with E-state index in [1.165, 1.54) is 11.8 Å². The summed E-state index contributed by atoms with van der Waals surface area (Å²) in [5.41, 5.74) is 1.78. The van der Waals surface area contributed by atoms with Crippen LogP contribution in [0.3, 0.4) is 0 Å². The van der Waals surface area contributed by atoms with Gasteiger partial charge in [-0.05, 0) is 36.2 Å². The number of thioether (sulfide) groups is 1. The second-order valence-corrected chi connectivity index (χ2v) is 8.43. The number of nitrogens with zero attached hydrogens (tertiary/aromatic N) is 3. The number of methoxy groups -OCH3 is 3. The van der Waals surface area contributed by atoms with Gasteiger partial charge < -0.3 is 14.2 Å². The molecule has 1 amide bonds. The molecule has 1 heterocycles. The molecule has 7 nitrogen and oxygen atoms in total. The van der Waals surface area contributed by atoms with E-state index in [1.54, 1.807) is 38.5 Å². The molecule has 1 atom stereocenters. The van der Waals surface area contributed by atoms with Gasteiger partial charge in [-0.15, -0.1) is 5.10 Å². The average molecular weight is 456 g/mol. The van der Waals surface area contributed by atoms with Crippen molar-refractivity contribution in [2.24, 2.45) is 10.2 Å². The number of amides is 1. The molecule has 2 aromatic carbocycles. The maximum absolute atomic E-state index is 13.1. The highest BCUT2D eigenvalue weighted by atomic mass is 32.2. The zero-order valence-electron chi connectivity index (χ0n) is 18.9. The fraction of sp³-hybridized carbons (Fsp3) is 0.375. The number of rotatable bonds is 10. The van der Waals surface area contributed by atoms with Crippen molar-refractivity contribution in [3.63, 3.8) is 0 Å². The summed E-state index contributed by atoms with van der Waals surface area (Å²) in [4.78, 5) is 14.8. The van der Waals surface area contributed by atoms with Crippen molar-refractivity contribution >= 4 is 29.1 Å². The van der Waals surface area contributed by atoms with Crippen molar-refractivity contribution in [2.75, 3.05) is 21.3 Å². The lowest BCUT2D eigenvalue weighted by atomic mass is 10.1. The molecule has 1 fully saturated rings. The minimum atomic E-state index is -0.127. The van der Waals surface area contributed by atoms with Crippen molar-refractivity contribution < 1.29 is 19.0 Å². The Labute approximate surface area is 193 Å². The molecule has 1 aliphatic rings. The first-order valence-electron chi connectivity index (χ1n) is 10.5. The molecule has 1 aliphatic heterocycles. The van der Waals surface area contributed by atoms with Crippen molar-refractivity contribution in [1.29, 1.82) is 0 Å². The maximum atomic E-state index is 13.1. The third-order valence-corrected chi connectivity index (χ3v) is 6.36. The van der Waals surface area contributed by atoms with Gasteiger partial charge in [0.1, 0.15) is 17.2 Å². The van der Waals surface area contributed by atoms with Crippen LogP contribution in [0.5, 0.6) is 17.2 Å². The standard InChI is InChI=1S/C24H29N3O4S/c1-5-6-7-22-23(28)27(16-17-8-11-19(29-2)12-9-17)24(32-22)26-25-15-18-10-13-20(30-3)14-21(18)31-4/h8-15,22H,5-7,16H2,1-4H3/b25-15-,26-24-/t22-/m0/s1. The van der Waals surface area contributed by atoms with E-state index in [2.05, 4.69) is 17.1 Å². The fourth-order valence-electron chi connectivity index (χ4n) is 3.28. The third-order valence-electron chi connectivity index (χ3n) is 5.12. The first kappa shape index (κ1) is 23.7. The van der Waals surface area contributed by atoms with Crippen LogP contribution < -0.4 is 14.2 Å². The van der Waals surface area contributed by atoms with Gasteiger partial charge in [-0.25, -0.2) is 0 Å². The van der Waals surface area contributed by atoms with E-state index in [0.717, 1.165) is 36.1 Å². The highest BCUT2D eigenvalue weighted by molar-refractivity contribution is 8.15. The van der Waals surface area contributed by atoms with Gasteiger partial charge in [-0.3, -0.25) is 9.69 Å². The summed E-state index contributed by atoms with van der Waals surface area (Å²) in [7, 11) is 4.84. The van der Waals surface area contributed by atoms with Gasteiger partial charge in [0.2, 0.25) is 5.91 Å². The van der Waals surface area contributed by atoms with Crippen molar-refractivity contribution in [3.05, 3.63) is 53.6 Å². The predicted molar refractivity (Wildman–Crippen MR) is 129 cm³/mol. The lowest BCUT2D eigenvalue weighted by molar-refractivity contribution is -0.126. The first-order valence-corrected chi connectivity index (χ1v) is 11.4. The predicted octanol–water partition coefficient (Wildman–Crippen LogP) is 4.74. The second kappa shape index (κ2) is 11.6. The SMILES string of the molecule is CCCC[C@@H]1S/C(=N\N=C/c2ccc(OC)cc2OC)N(Cc2ccc(OC)cc2)C1=O. The van der Waals surface area contributed by atoms with Crippen LogP contribution in [0.25, 0.3) is 0 Å². The fourth-order valence-corrected chi connectivity index (χ4v) is 4.43. The summed E-state index contributed by atoms with van der Waals surface area (Å²) in [6.45, 7) is 2.57. The highest BCUT2D eigenvalue weighted by Gasteiger charge is 2.37. The molecule has 2 aromatic rings. The Morgan fingerprint density at radius 1 is 1.03 bits per heavy atom. The molecule has 0 bridgehead atoms. The lowest BCUT2D eigenvalue weighted by Crippen LogP contribution is -2.31. The number of carbonyl (C=O) groups is 1. The molecule has 170 valence electrons. The van der Waals surface area contributed by atoms with Gasteiger partial charge in [0.25, 0.3) is 0 Å². The van der Waals surface area contributed by atoms with Crippen LogP contribution in [0.1, 0.15) is 37.3 Å². The Morgan fingerprint density at radius 2 is 1.75 bits per heavy atom. The zero-order valence-corrected chi connectivity index (χ0v) is 19.7. The van der Waals surface area contributed by atoms with Gasteiger partial charge in [0.05, 0.1) is 39.3 Å². The van der Waals surface area contributed by atoms with E-state index in [0.29, 0.717) is 23.2 Å². The number of hydrogen-bond donors (Lipinski definition) is 0. The number of benzene rings is 2. The summed E-state index contributed by atoms with van der Waals surface area (Å²) in [5.74, 6) is 2.20. The summed E-state index contributed by atoms with van der Waals surface area (Å²) in [5, 5.41) is 9.14. The first-order chi connectivity index (χ1) is 15.6. The van der Waals surface area contributed by atoms with Crippen LogP contribution in [0.15, 0.2) is 52.7 Å². The van der Waals surface area contributed by atoms with Crippen LogP contribution in [0.4, 0.5) is 0 Å². The summed E-state index contributed by atoms with van der Waals surface area (Å²) in [6, 6.07) is 13.2. The van der Waals surface area contributed by atoms with E-state index in [4.69, 9.17) is 14.2 Å². The van der Waals surface area contributed by atoms with Gasteiger partial charge in [0.15, 0.2) is 5.17 Å². The minimum absolute atomic E-state index is 0.0789. The van der Waals surface area contributed by atoms with Gasteiger partial charge >= 0.3 is 0 Å². The quantitative estimate of drug-likeness (QED) is 0.382. The zero-order chi connectivity index (χ0) is 22.9. The molecule has 0 radical (unpaired) electrons. The molecule has 32 heavy (non-hydrogen) atoms. The van der Waals surface area contributed by atoms with Gasteiger partial charge in [-0.2, -0.15) is 5.10 Å². The van der Waals surface area contributed by atoms with E-state index >= 15 is 0 Å². The Balaban J connectivity index is 1.82. The monoisotopic (exact) mass is 455 g/mol. The molecule has 0 aliphatic carbocycles. The molecule has 3 rings (SSSR count). The topological polar surface area (TPSA) is 72.7 Å². The Morgan fingerprint density at radius 3 is 2.41 bits per heavy atom. The maximum Gasteiger partial charge on any atom is 0.242 e. The number of amidine groups is 1. The van der Waals surface area contributed by atoms with Crippen molar-refractivity contribution in [3.8, 4) is 17.2 Å². The van der Waals surface area contributed by atoms with E-state index in [-0.39, 0.29) is 11.2 Å². The smallest absolute Gasteiger partial charge is 0.242 e. The van der Waals surface area contributed by atoms with Crippen molar-refractivity contribution in [2.45, 2.75) is 38.0 Å². The number of unbranched alkanes of at least 4 members (excludes halogenated alkanes) is 1.